The van der Waals surface area contributed by atoms with Crippen LogP contribution in [0.2, 0.25) is 5.02 Å². The largest absolute Gasteiger partial charge is 0.404 e. The third kappa shape index (κ3) is 6.32. The zero-order chi connectivity index (χ0) is 22.1. The quantitative estimate of drug-likeness (QED) is 0.371. The third-order valence-electron chi connectivity index (χ3n) is 5.21. The van der Waals surface area contributed by atoms with E-state index in [9.17, 15) is 13.8 Å². The molecule has 5 nitrogen and oxygen atoms in total. The van der Waals surface area contributed by atoms with Crippen LogP contribution < -0.4 is 4.90 Å². The molecular weight excluding hydrogens is 418 g/mol. The number of nitrogens with zero attached hydrogens (tertiary/aromatic N) is 3. The van der Waals surface area contributed by atoms with Crippen molar-refractivity contribution < 1.29 is 8.42 Å². The van der Waals surface area contributed by atoms with Crippen LogP contribution in [0.25, 0.3) is 11.1 Å². The minimum Gasteiger partial charge on any atom is -0.374 e. The number of hydrogen-bond donors (Lipinski definition) is 0. The van der Waals surface area contributed by atoms with E-state index in [1.807, 2.05) is 7.05 Å². The van der Waals surface area contributed by atoms with Crippen molar-refractivity contribution >= 4 is 38.9 Å². The molecule has 1 atom stereocenters. The summed E-state index contributed by atoms with van der Waals surface area (Å²) in [6.07, 6.45) is 6.01. The van der Waals surface area contributed by atoms with E-state index >= 15 is 0 Å². The Bertz CT molecular complexity index is 1030. The van der Waals surface area contributed by atoms with E-state index in [1.54, 1.807) is 36.4 Å². The predicted octanol–water partition coefficient (Wildman–Crippen LogP) is 6.92. The van der Waals surface area contributed by atoms with E-state index in [0.717, 1.165) is 36.9 Å². The summed E-state index contributed by atoms with van der Waals surface area (Å²) in [6.45, 7) is 5.19. The second kappa shape index (κ2) is 11.1. The van der Waals surface area contributed by atoms with Gasteiger partial charge in [-0.3, -0.25) is 0 Å². The Balaban J connectivity index is 2.33. The van der Waals surface area contributed by atoms with Crippen LogP contribution in [0.3, 0.4) is 0 Å². The Hall–Kier alpha value is -2.36. The monoisotopic (exact) mass is 446 g/mol. The number of halogens is 1. The van der Waals surface area contributed by atoms with Gasteiger partial charge in [0.25, 0.3) is 0 Å². The average Bonchev–Trinajstić information content (AvgIpc) is 2.75. The molecule has 2 aromatic carbocycles. The van der Waals surface area contributed by atoms with Crippen molar-refractivity contribution in [1.29, 1.82) is 5.39 Å². The second-order valence-electron chi connectivity index (χ2n) is 7.42. The summed E-state index contributed by atoms with van der Waals surface area (Å²) in [5, 5.41) is 10.9. The molecule has 0 aliphatic carbocycles. The lowest BCUT2D eigenvalue weighted by Crippen LogP contribution is -2.25. The normalized spacial score (nSPS) is 12.6. The molecule has 2 aromatic rings. The fourth-order valence-corrected chi connectivity index (χ4v) is 4.66. The molecular formula is C23H29ClN3O2S+. The van der Waals surface area contributed by atoms with Crippen LogP contribution in [0, 0.1) is 11.3 Å². The van der Waals surface area contributed by atoms with Gasteiger partial charge in [0.05, 0.1) is 0 Å². The van der Waals surface area contributed by atoms with Gasteiger partial charge in [-0.1, -0.05) is 62.9 Å². The summed E-state index contributed by atoms with van der Waals surface area (Å²) in [5.74, 6) is 0.539. The van der Waals surface area contributed by atoms with Crippen LogP contribution in [0.5, 0.6) is 0 Å². The molecule has 30 heavy (non-hydrogen) atoms. The first-order valence-corrected chi connectivity index (χ1v) is 12.1. The fourth-order valence-electron chi connectivity index (χ4n) is 3.31. The Morgan fingerprint density at radius 2 is 1.93 bits per heavy atom. The van der Waals surface area contributed by atoms with Crippen molar-refractivity contribution in [3.8, 4) is 0 Å². The summed E-state index contributed by atoms with van der Waals surface area (Å²) in [7, 11) is -1.89. The molecule has 0 saturated heterocycles. The van der Waals surface area contributed by atoms with Crippen molar-refractivity contribution in [3.05, 3.63) is 63.4 Å². The van der Waals surface area contributed by atoms with E-state index in [-0.39, 0.29) is 10.6 Å². The lowest BCUT2D eigenvalue weighted by atomic mass is 9.98. The molecule has 0 saturated carbocycles. The van der Waals surface area contributed by atoms with Gasteiger partial charge >= 0.3 is 5.69 Å². The molecule has 0 aliphatic heterocycles. The van der Waals surface area contributed by atoms with Crippen LogP contribution in [-0.4, -0.2) is 22.0 Å². The van der Waals surface area contributed by atoms with Crippen molar-refractivity contribution in [3.63, 3.8) is 0 Å². The van der Waals surface area contributed by atoms with Gasteiger partial charge in [0.2, 0.25) is 15.2 Å². The molecule has 0 bridgehead atoms. The lowest BCUT2D eigenvalue weighted by molar-refractivity contribution is 0.453. The molecule has 0 aliphatic rings. The molecule has 0 heterocycles. The van der Waals surface area contributed by atoms with Gasteiger partial charge in [-0.15, -0.1) is 0 Å². The first-order valence-electron chi connectivity index (χ1n) is 10.2. The van der Waals surface area contributed by atoms with Gasteiger partial charge in [0.15, 0.2) is 9.87 Å². The molecule has 0 fully saturated rings. The van der Waals surface area contributed by atoms with E-state index in [2.05, 4.69) is 23.7 Å². The highest BCUT2D eigenvalue weighted by Crippen LogP contribution is 2.31. The van der Waals surface area contributed by atoms with Crippen molar-refractivity contribution in [2.45, 2.75) is 44.4 Å². The zero-order valence-electron chi connectivity index (χ0n) is 17.8. The molecule has 160 valence electrons. The van der Waals surface area contributed by atoms with Gasteiger partial charge in [0, 0.05) is 35.8 Å². The highest BCUT2D eigenvalue weighted by atomic mass is 35.5. The van der Waals surface area contributed by atoms with E-state index < -0.39 is 9.84 Å². The summed E-state index contributed by atoms with van der Waals surface area (Å²) in [5.41, 5.74) is 1.37. The van der Waals surface area contributed by atoms with E-state index in [1.165, 1.54) is 18.6 Å². The van der Waals surface area contributed by atoms with Crippen LogP contribution in [0.4, 0.5) is 11.4 Å². The smallest absolute Gasteiger partial charge is 0.374 e. The minimum atomic E-state index is -3.84. The molecule has 1 unspecified atom stereocenters. The lowest BCUT2D eigenvalue weighted by Gasteiger charge is -2.25. The van der Waals surface area contributed by atoms with E-state index in [0.29, 0.717) is 16.5 Å². The third-order valence-corrected chi connectivity index (χ3v) is 6.98. The van der Waals surface area contributed by atoms with Crippen LogP contribution in [0.1, 0.15) is 45.1 Å². The SMILES string of the molecule is CCCCC(CC)CN(C)c1ccc([N+]#N)c(S(=O)(=O)C=Cc2ccccc2Cl)c1. The number of hydrogen-bond acceptors (Lipinski definition) is 4. The minimum absolute atomic E-state index is 0.00832. The Morgan fingerprint density at radius 1 is 1.20 bits per heavy atom. The number of unbranched alkanes of at least 4 members (excludes halogenated alkanes) is 1. The van der Waals surface area contributed by atoms with Gasteiger partial charge in [0.1, 0.15) is 0 Å². The molecule has 7 heteroatoms. The fraction of sp³-hybridized carbons (Fsp3) is 0.391. The van der Waals surface area contributed by atoms with Crippen LogP contribution in [0.15, 0.2) is 52.8 Å². The molecule has 0 spiro atoms. The van der Waals surface area contributed by atoms with Gasteiger partial charge in [-0.2, -0.15) is 0 Å². The van der Waals surface area contributed by atoms with Gasteiger partial charge in [-0.25, -0.2) is 8.42 Å². The van der Waals surface area contributed by atoms with E-state index in [4.69, 9.17) is 11.6 Å². The van der Waals surface area contributed by atoms with Crippen LogP contribution >= 0.6 is 11.6 Å². The highest BCUT2D eigenvalue weighted by Gasteiger charge is 2.26. The Labute approximate surface area is 184 Å². The van der Waals surface area contributed by atoms with Gasteiger partial charge < -0.3 is 4.90 Å². The molecule has 0 amide bonds. The van der Waals surface area contributed by atoms with Crippen molar-refractivity contribution in [2.24, 2.45) is 5.92 Å². The maximum Gasteiger partial charge on any atom is 0.404 e. The van der Waals surface area contributed by atoms with Crippen LogP contribution in [-0.2, 0) is 9.84 Å². The number of rotatable bonds is 10. The Morgan fingerprint density at radius 3 is 2.57 bits per heavy atom. The molecule has 0 aromatic heterocycles. The second-order valence-corrected chi connectivity index (χ2v) is 9.63. The van der Waals surface area contributed by atoms with Crippen molar-refractivity contribution in [2.75, 3.05) is 18.5 Å². The average molecular weight is 447 g/mol. The molecule has 0 N–H and O–H groups in total. The maximum absolute atomic E-state index is 13.0. The number of anilines is 1. The van der Waals surface area contributed by atoms with Gasteiger partial charge in [-0.05, 0) is 42.2 Å². The first kappa shape index (κ1) is 23.9. The predicted molar refractivity (Wildman–Crippen MR) is 125 cm³/mol. The summed E-state index contributed by atoms with van der Waals surface area (Å²) >= 11 is 6.11. The standard InChI is InChI=1S/C23H29ClN3O2S/c1-4-6-9-18(5-2)17-27(3)20-12-13-22(26-25)23(16-20)30(28,29)15-14-19-10-7-8-11-21(19)24/h7-8,10-16,18H,4-6,9,17H2,1-3H3/q+1. The maximum atomic E-state index is 13.0. The summed E-state index contributed by atoms with van der Waals surface area (Å²) < 4.78 is 25.9. The Kier molecular flexibility index (Phi) is 8.88. The first-order chi connectivity index (χ1) is 14.3. The number of benzene rings is 2. The number of diazo groups is 1. The zero-order valence-corrected chi connectivity index (χ0v) is 19.3. The highest BCUT2D eigenvalue weighted by molar-refractivity contribution is 7.94. The number of sulfone groups is 1. The molecule has 2 rings (SSSR count). The summed E-state index contributed by atoms with van der Waals surface area (Å²) in [6, 6.07) is 11.9. The van der Waals surface area contributed by atoms with Crippen molar-refractivity contribution in [1.82, 2.24) is 0 Å². The molecule has 0 radical (unpaired) electrons. The topological polar surface area (TPSA) is 65.5 Å². The summed E-state index contributed by atoms with van der Waals surface area (Å²) in [4.78, 5) is 5.18.